The fourth-order valence-corrected chi connectivity index (χ4v) is 3.43. The van der Waals surface area contributed by atoms with E-state index in [0.717, 1.165) is 18.8 Å². The zero-order valence-electron chi connectivity index (χ0n) is 17.3. The van der Waals surface area contributed by atoms with E-state index in [4.69, 9.17) is 24.2 Å². The molecule has 1 heterocycles. The summed E-state index contributed by atoms with van der Waals surface area (Å²) in [5, 5.41) is 16.3. The molecule has 1 aromatic heterocycles. The van der Waals surface area contributed by atoms with Crippen LogP contribution < -0.4 is 0 Å². The van der Waals surface area contributed by atoms with Gasteiger partial charge in [0.15, 0.2) is 11.6 Å². The maximum atomic E-state index is 11.7. The first-order chi connectivity index (χ1) is 14.5. The normalized spacial score (nSPS) is 15.5. The van der Waals surface area contributed by atoms with Crippen molar-refractivity contribution in [1.29, 1.82) is 0 Å². The summed E-state index contributed by atoms with van der Waals surface area (Å²) in [5.41, 5.74) is 0.106. The average Bonchev–Trinajstić information content (AvgIpc) is 3.18. The van der Waals surface area contributed by atoms with Crippen LogP contribution in [0.4, 0.5) is 13.2 Å². The highest BCUT2D eigenvalue weighted by Crippen LogP contribution is 2.31. The summed E-state index contributed by atoms with van der Waals surface area (Å²) in [6, 6.07) is 0. The van der Waals surface area contributed by atoms with Crippen LogP contribution in [0, 0.1) is 5.92 Å². The highest BCUT2D eigenvalue weighted by Gasteiger charge is 2.38. The van der Waals surface area contributed by atoms with Gasteiger partial charge in [-0.1, -0.05) is 44.9 Å². The van der Waals surface area contributed by atoms with Crippen molar-refractivity contribution < 1.29 is 46.9 Å². The Labute approximate surface area is 177 Å². The van der Waals surface area contributed by atoms with Crippen LogP contribution in [-0.4, -0.2) is 45.9 Å². The van der Waals surface area contributed by atoms with Gasteiger partial charge in [0.2, 0.25) is 0 Å². The Morgan fingerprint density at radius 1 is 1.23 bits per heavy atom. The molecule has 0 bridgehead atoms. The molecule has 1 atom stereocenters. The first kappa shape index (κ1) is 26.4. The molecule has 0 spiro atoms. The van der Waals surface area contributed by atoms with E-state index in [2.05, 4.69) is 4.98 Å². The lowest BCUT2D eigenvalue weighted by atomic mass is 9.84. The number of carboxylic acids is 2. The van der Waals surface area contributed by atoms with Gasteiger partial charge in [0.1, 0.15) is 6.26 Å². The van der Waals surface area contributed by atoms with Crippen molar-refractivity contribution in [1.82, 2.24) is 4.98 Å². The number of alkyl halides is 3. The van der Waals surface area contributed by atoms with Gasteiger partial charge in [-0.05, 0) is 19.3 Å². The zero-order chi connectivity index (χ0) is 23.4. The van der Waals surface area contributed by atoms with Crippen molar-refractivity contribution in [2.45, 2.75) is 76.8 Å². The summed E-state index contributed by atoms with van der Waals surface area (Å²) in [6.07, 6.45) is 5.47. The van der Waals surface area contributed by atoms with Crippen molar-refractivity contribution in [2.75, 3.05) is 6.61 Å². The van der Waals surface area contributed by atoms with E-state index >= 15 is 0 Å². The fraction of sp³-hybridized carbons (Fsp3) is 0.700. The third-order valence-electron chi connectivity index (χ3n) is 4.91. The molecule has 1 aliphatic carbocycles. The van der Waals surface area contributed by atoms with Crippen LogP contribution >= 0.6 is 0 Å². The molecule has 0 aliphatic heterocycles. The van der Waals surface area contributed by atoms with Gasteiger partial charge in [-0.2, -0.15) is 13.2 Å². The zero-order valence-corrected chi connectivity index (χ0v) is 17.3. The van der Waals surface area contributed by atoms with Crippen LogP contribution in [-0.2, 0) is 14.3 Å². The fourth-order valence-electron chi connectivity index (χ4n) is 3.43. The standard InChI is InChI=1S/C18H27NO5.C2HF3O2/c1-2-23-18(22)15-12-24-17(19-15)14(11-16(20)21)10-6-9-13-7-4-3-5-8-13;3-2(4,5)1(6)7/h12-14H,2-11H2,1H3,(H,20,21);(H,6,7)/t14-;/m1./s1. The van der Waals surface area contributed by atoms with Crippen molar-refractivity contribution in [3.8, 4) is 0 Å². The third-order valence-corrected chi connectivity index (χ3v) is 4.91. The lowest BCUT2D eigenvalue weighted by Gasteiger charge is -2.22. The first-order valence-corrected chi connectivity index (χ1v) is 10.2. The number of carbonyl (C=O) groups excluding carboxylic acids is 1. The van der Waals surface area contributed by atoms with Crippen LogP contribution in [0.3, 0.4) is 0 Å². The number of aromatic nitrogens is 1. The van der Waals surface area contributed by atoms with E-state index < -0.39 is 24.1 Å². The Morgan fingerprint density at radius 3 is 2.35 bits per heavy atom. The molecule has 1 saturated carbocycles. The second kappa shape index (κ2) is 13.0. The number of esters is 1. The number of carboxylic acid groups (broad SMARTS) is 2. The molecule has 0 unspecified atom stereocenters. The number of hydrogen-bond acceptors (Lipinski definition) is 6. The molecular formula is C20H28F3NO7. The largest absolute Gasteiger partial charge is 0.490 e. The summed E-state index contributed by atoms with van der Waals surface area (Å²) >= 11 is 0. The molecule has 1 aromatic rings. The van der Waals surface area contributed by atoms with E-state index in [-0.39, 0.29) is 24.6 Å². The van der Waals surface area contributed by atoms with Gasteiger partial charge in [0.05, 0.1) is 13.0 Å². The Balaban J connectivity index is 0.000000592. The minimum atomic E-state index is -5.08. The van der Waals surface area contributed by atoms with E-state index in [1.807, 2.05) is 0 Å². The number of rotatable bonds is 9. The lowest BCUT2D eigenvalue weighted by molar-refractivity contribution is -0.192. The lowest BCUT2D eigenvalue weighted by Crippen LogP contribution is -2.21. The molecule has 0 amide bonds. The van der Waals surface area contributed by atoms with Crippen molar-refractivity contribution in [2.24, 2.45) is 5.92 Å². The smallest absolute Gasteiger partial charge is 0.481 e. The van der Waals surface area contributed by atoms with Crippen LogP contribution in [0.25, 0.3) is 0 Å². The van der Waals surface area contributed by atoms with Crippen molar-refractivity contribution in [3.05, 3.63) is 17.8 Å². The average molecular weight is 451 g/mol. The Bertz CT molecular complexity index is 712. The van der Waals surface area contributed by atoms with Crippen molar-refractivity contribution >= 4 is 17.9 Å². The van der Waals surface area contributed by atoms with Gasteiger partial charge in [-0.25, -0.2) is 14.6 Å². The van der Waals surface area contributed by atoms with E-state index in [1.54, 1.807) is 6.92 Å². The van der Waals surface area contributed by atoms with Gasteiger partial charge < -0.3 is 19.4 Å². The molecule has 8 nitrogen and oxygen atoms in total. The molecule has 2 N–H and O–H groups in total. The molecule has 0 saturated heterocycles. The van der Waals surface area contributed by atoms with Gasteiger partial charge >= 0.3 is 24.1 Å². The molecule has 0 aromatic carbocycles. The number of ether oxygens (including phenoxy) is 1. The Kier molecular flexibility index (Phi) is 11.1. The SMILES string of the molecule is CCOC(=O)c1coc([C@H](CCCC2CCCCC2)CC(=O)O)n1.O=C(O)C(F)(F)F. The summed E-state index contributed by atoms with van der Waals surface area (Å²) in [7, 11) is 0. The number of carbonyl (C=O) groups is 3. The monoisotopic (exact) mass is 451 g/mol. The van der Waals surface area contributed by atoms with Gasteiger partial charge in [-0.15, -0.1) is 0 Å². The van der Waals surface area contributed by atoms with E-state index in [0.29, 0.717) is 12.3 Å². The second-order valence-corrected chi connectivity index (χ2v) is 7.32. The quantitative estimate of drug-likeness (QED) is 0.513. The molecule has 11 heteroatoms. The summed E-state index contributed by atoms with van der Waals surface area (Å²) in [6.45, 7) is 1.98. The summed E-state index contributed by atoms with van der Waals surface area (Å²) in [4.78, 5) is 35.8. The first-order valence-electron chi connectivity index (χ1n) is 10.2. The number of aliphatic carboxylic acids is 2. The molecule has 176 valence electrons. The molecular weight excluding hydrogens is 423 g/mol. The van der Waals surface area contributed by atoms with Crippen LogP contribution in [0.15, 0.2) is 10.7 Å². The van der Waals surface area contributed by atoms with Gasteiger partial charge in [-0.3, -0.25) is 4.79 Å². The van der Waals surface area contributed by atoms with Crippen molar-refractivity contribution in [3.63, 3.8) is 0 Å². The molecule has 0 radical (unpaired) electrons. The van der Waals surface area contributed by atoms with Gasteiger partial charge in [0, 0.05) is 5.92 Å². The Hall–Kier alpha value is -2.59. The predicted octanol–water partition coefficient (Wildman–Crippen LogP) is 4.79. The number of halogens is 3. The van der Waals surface area contributed by atoms with Crippen LogP contribution in [0.5, 0.6) is 0 Å². The molecule has 2 rings (SSSR count). The van der Waals surface area contributed by atoms with Gasteiger partial charge in [0.25, 0.3) is 0 Å². The van der Waals surface area contributed by atoms with E-state index in [9.17, 15) is 22.8 Å². The highest BCUT2D eigenvalue weighted by molar-refractivity contribution is 5.86. The summed E-state index contributed by atoms with van der Waals surface area (Å²) in [5.74, 6) is -3.38. The maximum absolute atomic E-state index is 11.7. The molecule has 1 aliphatic rings. The summed E-state index contributed by atoms with van der Waals surface area (Å²) < 4.78 is 42.0. The number of nitrogens with zero attached hydrogens (tertiary/aromatic N) is 1. The second-order valence-electron chi connectivity index (χ2n) is 7.32. The Morgan fingerprint density at radius 2 is 1.84 bits per heavy atom. The van der Waals surface area contributed by atoms with E-state index in [1.165, 1.54) is 38.4 Å². The topological polar surface area (TPSA) is 127 Å². The third kappa shape index (κ3) is 10.3. The minimum absolute atomic E-state index is 0.0343. The maximum Gasteiger partial charge on any atom is 0.490 e. The minimum Gasteiger partial charge on any atom is -0.481 e. The van der Waals surface area contributed by atoms with Crippen LogP contribution in [0.2, 0.25) is 0 Å². The highest BCUT2D eigenvalue weighted by atomic mass is 19.4. The predicted molar refractivity (Wildman–Crippen MR) is 102 cm³/mol. The van der Waals surface area contributed by atoms with Crippen LogP contribution in [0.1, 0.15) is 87.0 Å². The molecule has 1 fully saturated rings. The number of hydrogen-bond donors (Lipinski definition) is 2. The number of oxazole rings is 1. The molecule has 31 heavy (non-hydrogen) atoms.